The summed E-state index contributed by atoms with van der Waals surface area (Å²) in [6.45, 7) is 4.00. The van der Waals surface area contributed by atoms with E-state index in [1.807, 2.05) is 19.1 Å². The van der Waals surface area contributed by atoms with Crippen LogP contribution in [0.15, 0.2) is 24.0 Å². The normalized spacial score (nSPS) is 27.3. The van der Waals surface area contributed by atoms with Crippen molar-refractivity contribution < 1.29 is 9.90 Å². The number of hydrogen-bond acceptors (Lipinski definition) is 3. The van der Waals surface area contributed by atoms with Crippen LogP contribution in [0.2, 0.25) is 0 Å². The van der Waals surface area contributed by atoms with E-state index >= 15 is 0 Å². The topological polar surface area (TPSA) is 37.3 Å². The molecule has 0 aromatic heterocycles. The second-order valence-electron chi connectivity index (χ2n) is 3.60. The molecule has 1 atom stereocenters. The maximum atomic E-state index is 11.1. The van der Waals surface area contributed by atoms with Gasteiger partial charge in [0.2, 0.25) is 5.12 Å². The second kappa shape index (κ2) is 4.69. The molecule has 0 aromatic carbocycles. The Morgan fingerprint density at radius 2 is 2.36 bits per heavy atom. The first kappa shape index (κ1) is 11.4. The second-order valence-corrected chi connectivity index (χ2v) is 5.06. The van der Waals surface area contributed by atoms with Gasteiger partial charge >= 0.3 is 0 Å². The predicted octanol–water partition coefficient (Wildman–Crippen LogP) is 3.21. The zero-order valence-electron chi connectivity index (χ0n) is 8.62. The molecule has 0 aliphatic carbocycles. The Hall–Kier alpha value is -0.700. The highest BCUT2D eigenvalue weighted by molar-refractivity contribution is 8.15. The van der Waals surface area contributed by atoms with Gasteiger partial charge in [0, 0.05) is 6.08 Å². The van der Waals surface area contributed by atoms with Crippen LogP contribution in [0.1, 0.15) is 33.1 Å². The van der Waals surface area contributed by atoms with E-state index in [4.69, 9.17) is 0 Å². The van der Waals surface area contributed by atoms with Gasteiger partial charge in [-0.1, -0.05) is 43.7 Å². The summed E-state index contributed by atoms with van der Waals surface area (Å²) in [6.07, 6.45) is 8.58. The number of hydrogen-bond donors (Lipinski definition) is 1. The molecule has 3 heteroatoms. The summed E-state index contributed by atoms with van der Waals surface area (Å²) < 4.78 is -0.523. The van der Waals surface area contributed by atoms with Crippen molar-refractivity contribution in [2.75, 3.05) is 0 Å². The smallest absolute Gasteiger partial charge is 0.216 e. The van der Waals surface area contributed by atoms with E-state index in [2.05, 4.69) is 6.92 Å². The number of thioether (sulfide) groups is 1. The van der Waals surface area contributed by atoms with Gasteiger partial charge in [-0.05, 0) is 13.3 Å². The zero-order valence-corrected chi connectivity index (χ0v) is 9.43. The summed E-state index contributed by atoms with van der Waals surface area (Å²) in [6, 6.07) is 0. The standard InChI is InChI=1S/C11H16O2S/c1-3-4-5-6-7-11(2)9(12)8-10(13)14-11/h6-8,12H,3-5H2,1-2H3/b7-6+/t11-/m0/s1. The van der Waals surface area contributed by atoms with Crippen LogP contribution in [0, 0.1) is 0 Å². The highest BCUT2D eigenvalue weighted by Gasteiger charge is 2.35. The summed E-state index contributed by atoms with van der Waals surface area (Å²) >= 11 is 1.17. The van der Waals surface area contributed by atoms with Gasteiger partial charge in [0.05, 0.1) is 4.75 Å². The first-order valence-corrected chi connectivity index (χ1v) is 5.72. The van der Waals surface area contributed by atoms with Crippen LogP contribution in [-0.2, 0) is 4.79 Å². The third-order valence-corrected chi connectivity index (χ3v) is 3.32. The maximum absolute atomic E-state index is 11.1. The number of unbranched alkanes of at least 4 members (excludes halogenated alkanes) is 2. The summed E-state index contributed by atoms with van der Waals surface area (Å²) in [7, 11) is 0. The lowest BCUT2D eigenvalue weighted by Crippen LogP contribution is -2.16. The fraction of sp³-hybridized carbons (Fsp3) is 0.545. The molecule has 1 N–H and O–H groups in total. The molecule has 0 saturated heterocycles. The molecule has 0 bridgehead atoms. The van der Waals surface area contributed by atoms with Crippen molar-refractivity contribution in [2.45, 2.75) is 37.9 Å². The fourth-order valence-corrected chi connectivity index (χ4v) is 2.21. The SMILES string of the molecule is CCCC/C=C/[C@]1(C)SC(=O)C=C1O. The van der Waals surface area contributed by atoms with Crippen LogP contribution in [0.4, 0.5) is 0 Å². The monoisotopic (exact) mass is 212 g/mol. The molecule has 0 amide bonds. The summed E-state index contributed by atoms with van der Waals surface area (Å²) in [5.41, 5.74) is 0. The Balaban J connectivity index is 2.55. The molecule has 0 spiro atoms. The molecule has 1 rings (SSSR count). The molecular formula is C11H16O2S. The van der Waals surface area contributed by atoms with E-state index in [0.29, 0.717) is 0 Å². The third kappa shape index (κ3) is 2.64. The zero-order chi connectivity index (χ0) is 10.6. The average Bonchev–Trinajstić information content (AvgIpc) is 2.36. The fourth-order valence-electron chi connectivity index (χ4n) is 1.30. The van der Waals surface area contributed by atoms with Crippen molar-refractivity contribution in [2.24, 2.45) is 0 Å². The molecule has 1 heterocycles. The highest BCUT2D eigenvalue weighted by Crippen LogP contribution is 2.39. The van der Waals surface area contributed by atoms with Gasteiger partial charge in [-0.2, -0.15) is 0 Å². The molecule has 2 nitrogen and oxygen atoms in total. The van der Waals surface area contributed by atoms with Crippen molar-refractivity contribution in [3.05, 3.63) is 24.0 Å². The molecule has 0 unspecified atom stereocenters. The van der Waals surface area contributed by atoms with E-state index in [9.17, 15) is 9.90 Å². The Morgan fingerprint density at radius 1 is 1.64 bits per heavy atom. The van der Waals surface area contributed by atoms with E-state index in [-0.39, 0.29) is 10.9 Å². The van der Waals surface area contributed by atoms with Crippen LogP contribution >= 0.6 is 11.8 Å². The molecular weight excluding hydrogens is 196 g/mol. The molecule has 0 aromatic rings. The Bertz CT molecular complexity index is 281. The van der Waals surface area contributed by atoms with Crippen LogP contribution in [0.5, 0.6) is 0 Å². The summed E-state index contributed by atoms with van der Waals surface area (Å²) in [5.74, 6) is 0.167. The van der Waals surface area contributed by atoms with Crippen molar-refractivity contribution in [3.63, 3.8) is 0 Å². The van der Waals surface area contributed by atoms with Gasteiger partial charge < -0.3 is 5.11 Å². The van der Waals surface area contributed by atoms with E-state index in [1.54, 1.807) is 0 Å². The number of aliphatic hydroxyl groups is 1. The van der Waals surface area contributed by atoms with Crippen molar-refractivity contribution in [1.29, 1.82) is 0 Å². The third-order valence-electron chi connectivity index (χ3n) is 2.24. The Labute approximate surface area is 89.1 Å². The maximum Gasteiger partial charge on any atom is 0.216 e. The lowest BCUT2D eigenvalue weighted by Gasteiger charge is -2.17. The molecule has 1 aliphatic heterocycles. The van der Waals surface area contributed by atoms with Crippen LogP contribution < -0.4 is 0 Å². The molecule has 1 aliphatic rings. The molecule has 0 saturated carbocycles. The van der Waals surface area contributed by atoms with Crippen LogP contribution in [0.25, 0.3) is 0 Å². The number of carbonyl (C=O) groups is 1. The van der Waals surface area contributed by atoms with Gasteiger partial charge in [-0.25, -0.2) is 0 Å². The minimum absolute atomic E-state index is 0.0647. The number of rotatable bonds is 4. The van der Waals surface area contributed by atoms with Gasteiger partial charge in [0.15, 0.2) is 0 Å². The van der Waals surface area contributed by atoms with Gasteiger partial charge in [0.25, 0.3) is 0 Å². The van der Waals surface area contributed by atoms with E-state index in [0.717, 1.165) is 19.3 Å². The molecule has 78 valence electrons. The largest absolute Gasteiger partial charge is 0.510 e. The summed E-state index contributed by atoms with van der Waals surface area (Å²) in [4.78, 5) is 11.1. The Kier molecular flexibility index (Phi) is 3.81. The number of allylic oxidation sites excluding steroid dienone is 1. The van der Waals surface area contributed by atoms with Gasteiger partial charge in [-0.3, -0.25) is 4.79 Å². The minimum atomic E-state index is -0.523. The Morgan fingerprint density at radius 3 is 2.86 bits per heavy atom. The van der Waals surface area contributed by atoms with Crippen molar-refractivity contribution in [1.82, 2.24) is 0 Å². The number of carbonyl (C=O) groups excluding carboxylic acids is 1. The minimum Gasteiger partial charge on any atom is -0.510 e. The van der Waals surface area contributed by atoms with Gasteiger partial charge in [0.1, 0.15) is 5.76 Å². The lowest BCUT2D eigenvalue weighted by molar-refractivity contribution is -0.106. The van der Waals surface area contributed by atoms with E-state index < -0.39 is 4.75 Å². The predicted molar refractivity (Wildman–Crippen MR) is 60.4 cm³/mol. The van der Waals surface area contributed by atoms with Crippen molar-refractivity contribution >= 4 is 16.9 Å². The quantitative estimate of drug-likeness (QED) is 0.574. The van der Waals surface area contributed by atoms with Crippen molar-refractivity contribution in [3.8, 4) is 0 Å². The highest BCUT2D eigenvalue weighted by atomic mass is 32.2. The first-order chi connectivity index (χ1) is 6.58. The molecule has 0 fully saturated rings. The average molecular weight is 212 g/mol. The molecule has 14 heavy (non-hydrogen) atoms. The first-order valence-electron chi connectivity index (χ1n) is 4.90. The van der Waals surface area contributed by atoms with Crippen LogP contribution in [-0.4, -0.2) is 15.0 Å². The molecule has 0 radical (unpaired) electrons. The van der Waals surface area contributed by atoms with Crippen LogP contribution in [0.3, 0.4) is 0 Å². The summed E-state index contributed by atoms with van der Waals surface area (Å²) in [5, 5.41) is 9.48. The number of aliphatic hydroxyl groups excluding tert-OH is 1. The van der Waals surface area contributed by atoms with Gasteiger partial charge in [-0.15, -0.1) is 0 Å². The lowest BCUT2D eigenvalue weighted by atomic mass is 10.1. The van der Waals surface area contributed by atoms with E-state index in [1.165, 1.54) is 17.8 Å².